The molecule has 0 saturated carbocycles. The van der Waals surface area contributed by atoms with Crippen molar-refractivity contribution in [1.82, 2.24) is 0 Å². The first-order valence-electron chi connectivity index (χ1n) is 7.39. The summed E-state index contributed by atoms with van der Waals surface area (Å²) >= 11 is 1.42. The second kappa shape index (κ2) is 7.01. The molecule has 0 aliphatic heterocycles. The largest absolute Gasteiger partial charge is 0.480 e. The van der Waals surface area contributed by atoms with Crippen LogP contribution < -0.4 is 0 Å². The molecule has 0 fully saturated rings. The summed E-state index contributed by atoms with van der Waals surface area (Å²) in [7, 11) is 0. The first-order valence-corrected chi connectivity index (χ1v) is 8.27. The molecule has 0 amide bonds. The van der Waals surface area contributed by atoms with Crippen LogP contribution in [0.25, 0.3) is 0 Å². The summed E-state index contributed by atoms with van der Waals surface area (Å²) < 4.78 is 0. The van der Waals surface area contributed by atoms with E-state index in [1.54, 1.807) is 0 Å². The van der Waals surface area contributed by atoms with Crippen LogP contribution in [0.4, 0.5) is 0 Å². The van der Waals surface area contributed by atoms with E-state index in [4.69, 9.17) is 0 Å². The maximum absolute atomic E-state index is 11.6. The highest BCUT2D eigenvalue weighted by molar-refractivity contribution is 8.00. The van der Waals surface area contributed by atoms with Gasteiger partial charge in [-0.3, -0.25) is 4.79 Å². The van der Waals surface area contributed by atoms with Gasteiger partial charge in [0.25, 0.3) is 0 Å². The van der Waals surface area contributed by atoms with Crippen molar-refractivity contribution >= 4 is 17.7 Å². The summed E-state index contributed by atoms with van der Waals surface area (Å²) in [5, 5.41) is 9.10. The van der Waals surface area contributed by atoms with Gasteiger partial charge in [0.1, 0.15) is 5.25 Å². The summed E-state index contributed by atoms with van der Waals surface area (Å²) in [6, 6.07) is 12.3. The lowest BCUT2D eigenvalue weighted by Gasteiger charge is -2.16. The van der Waals surface area contributed by atoms with Crippen molar-refractivity contribution in [3.63, 3.8) is 0 Å². The fourth-order valence-electron chi connectivity index (χ4n) is 2.68. The number of benzene rings is 2. The van der Waals surface area contributed by atoms with Gasteiger partial charge in [0.15, 0.2) is 0 Å². The monoisotopic (exact) mass is 314 g/mol. The molecule has 1 atom stereocenters. The number of hydrogen-bond acceptors (Lipinski definition) is 2. The van der Waals surface area contributed by atoms with Crippen LogP contribution in [0.5, 0.6) is 0 Å². The zero-order valence-corrected chi connectivity index (χ0v) is 14.3. The number of aliphatic carboxylic acids is 1. The molecule has 0 radical (unpaired) electrons. The molecule has 3 heteroatoms. The lowest BCUT2D eigenvalue weighted by molar-refractivity contribution is -0.136. The average Bonchev–Trinajstić information content (AvgIpc) is 2.43. The molecule has 0 spiro atoms. The molecular formula is C19H22O2S. The van der Waals surface area contributed by atoms with Gasteiger partial charge in [0.05, 0.1) is 0 Å². The van der Waals surface area contributed by atoms with Gasteiger partial charge in [-0.05, 0) is 62.9 Å². The average molecular weight is 314 g/mol. The summed E-state index contributed by atoms with van der Waals surface area (Å²) in [6.07, 6.45) is 0.547. The van der Waals surface area contributed by atoms with E-state index in [-0.39, 0.29) is 0 Å². The molecule has 2 nitrogen and oxygen atoms in total. The number of thioether (sulfide) groups is 1. The minimum Gasteiger partial charge on any atom is -0.480 e. The van der Waals surface area contributed by atoms with Crippen molar-refractivity contribution < 1.29 is 9.90 Å². The van der Waals surface area contributed by atoms with Crippen molar-refractivity contribution in [3.8, 4) is 0 Å². The van der Waals surface area contributed by atoms with Crippen molar-refractivity contribution in [2.45, 2.75) is 44.3 Å². The fraction of sp³-hybridized carbons (Fsp3) is 0.316. The predicted molar refractivity (Wildman–Crippen MR) is 92.8 cm³/mol. The van der Waals surface area contributed by atoms with Crippen LogP contribution in [0.2, 0.25) is 0 Å². The van der Waals surface area contributed by atoms with Gasteiger partial charge in [-0.25, -0.2) is 0 Å². The van der Waals surface area contributed by atoms with Gasteiger partial charge in [-0.1, -0.05) is 35.4 Å². The molecule has 0 aliphatic carbocycles. The van der Waals surface area contributed by atoms with Crippen molar-refractivity contribution in [2.75, 3.05) is 0 Å². The zero-order valence-electron chi connectivity index (χ0n) is 13.5. The molecule has 2 aromatic carbocycles. The Morgan fingerprint density at radius 1 is 1.00 bits per heavy atom. The quantitative estimate of drug-likeness (QED) is 0.812. The summed E-state index contributed by atoms with van der Waals surface area (Å²) in [4.78, 5) is 12.6. The van der Waals surface area contributed by atoms with Crippen LogP contribution in [0.1, 0.15) is 27.8 Å². The smallest absolute Gasteiger partial charge is 0.317 e. The van der Waals surface area contributed by atoms with Crippen LogP contribution in [-0.4, -0.2) is 16.3 Å². The van der Waals surface area contributed by atoms with E-state index in [0.29, 0.717) is 6.42 Å². The SMILES string of the molecule is Cc1ccc(SC(Cc2c(C)cc(C)cc2C)C(=O)O)cc1. The summed E-state index contributed by atoms with van der Waals surface area (Å²) in [5.41, 5.74) is 5.90. The molecule has 0 saturated heterocycles. The normalized spacial score (nSPS) is 12.2. The molecule has 0 aromatic heterocycles. The standard InChI is InChI=1S/C19H22O2S/c1-12-5-7-16(8-6-12)22-18(19(20)21)11-17-14(3)9-13(2)10-15(17)4/h5-10,18H,11H2,1-4H3,(H,20,21). The first-order chi connectivity index (χ1) is 10.4. The topological polar surface area (TPSA) is 37.3 Å². The Kier molecular flexibility index (Phi) is 5.30. The molecule has 1 N–H and O–H groups in total. The fourth-order valence-corrected chi connectivity index (χ4v) is 3.65. The highest BCUT2D eigenvalue weighted by atomic mass is 32.2. The van der Waals surface area contributed by atoms with E-state index in [1.165, 1.54) is 34.0 Å². The van der Waals surface area contributed by atoms with Gasteiger partial charge in [-0.2, -0.15) is 0 Å². The third-order valence-electron chi connectivity index (χ3n) is 3.80. The molecule has 0 bridgehead atoms. The number of carbonyl (C=O) groups is 1. The maximum Gasteiger partial charge on any atom is 0.317 e. The van der Waals surface area contributed by atoms with E-state index in [9.17, 15) is 9.90 Å². The van der Waals surface area contributed by atoms with E-state index in [0.717, 1.165) is 10.5 Å². The summed E-state index contributed by atoms with van der Waals surface area (Å²) in [5.74, 6) is -0.759. The highest BCUT2D eigenvalue weighted by Gasteiger charge is 2.21. The van der Waals surface area contributed by atoms with Crippen LogP contribution in [0.3, 0.4) is 0 Å². The van der Waals surface area contributed by atoms with Crippen LogP contribution in [-0.2, 0) is 11.2 Å². The number of carboxylic acids is 1. The molecule has 22 heavy (non-hydrogen) atoms. The van der Waals surface area contributed by atoms with Gasteiger partial charge < -0.3 is 5.11 Å². The molecule has 0 aliphatic rings. The van der Waals surface area contributed by atoms with Gasteiger partial charge in [-0.15, -0.1) is 11.8 Å². The number of carboxylic acid groups (broad SMARTS) is 1. The molecule has 116 valence electrons. The zero-order chi connectivity index (χ0) is 16.3. The number of rotatable bonds is 5. The Labute approximate surface area is 136 Å². The predicted octanol–water partition coefficient (Wildman–Crippen LogP) is 4.71. The number of aryl methyl sites for hydroxylation is 4. The molecule has 0 heterocycles. The second-order valence-electron chi connectivity index (χ2n) is 5.84. The molecular weight excluding hydrogens is 292 g/mol. The van der Waals surface area contributed by atoms with Crippen molar-refractivity contribution in [2.24, 2.45) is 0 Å². The van der Waals surface area contributed by atoms with E-state index in [2.05, 4.69) is 32.9 Å². The van der Waals surface area contributed by atoms with E-state index >= 15 is 0 Å². The maximum atomic E-state index is 11.6. The minimum atomic E-state index is -0.759. The third-order valence-corrected chi connectivity index (χ3v) is 5.00. The highest BCUT2D eigenvalue weighted by Crippen LogP contribution is 2.28. The van der Waals surface area contributed by atoms with E-state index in [1.807, 2.05) is 31.2 Å². The Balaban J connectivity index is 2.23. The molecule has 2 aromatic rings. The third kappa shape index (κ3) is 4.14. The first kappa shape index (κ1) is 16.6. The van der Waals surface area contributed by atoms with Crippen molar-refractivity contribution in [3.05, 3.63) is 64.2 Å². The number of hydrogen-bond donors (Lipinski definition) is 1. The van der Waals surface area contributed by atoms with Crippen LogP contribution >= 0.6 is 11.8 Å². The van der Waals surface area contributed by atoms with E-state index < -0.39 is 11.2 Å². The lowest BCUT2D eigenvalue weighted by atomic mass is 9.96. The summed E-state index contributed by atoms with van der Waals surface area (Å²) in [6.45, 7) is 8.22. The van der Waals surface area contributed by atoms with Crippen LogP contribution in [0, 0.1) is 27.7 Å². The molecule has 1 unspecified atom stereocenters. The van der Waals surface area contributed by atoms with Crippen LogP contribution in [0.15, 0.2) is 41.3 Å². The van der Waals surface area contributed by atoms with Gasteiger partial charge in [0.2, 0.25) is 0 Å². The molecule has 2 rings (SSSR count). The Hall–Kier alpha value is -1.74. The van der Waals surface area contributed by atoms with Gasteiger partial charge in [0, 0.05) is 4.90 Å². The van der Waals surface area contributed by atoms with Gasteiger partial charge >= 0.3 is 5.97 Å². The Bertz CT molecular complexity index is 651. The second-order valence-corrected chi connectivity index (χ2v) is 7.12. The lowest BCUT2D eigenvalue weighted by Crippen LogP contribution is -2.20. The van der Waals surface area contributed by atoms with Crippen molar-refractivity contribution in [1.29, 1.82) is 0 Å². The Morgan fingerprint density at radius 3 is 2.05 bits per heavy atom. The Morgan fingerprint density at radius 2 is 1.55 bits per heavy atom. The minimum absolute atomic E-state index is 0.470.